The van der Waals surface area contributed by atoms with Gasteiger partial charge >= 0.3 is 11.9 Å². The van der Waals surface area contributed by atoms with Crippen LogP contribution in [0.25, 0.3) is 0 Å². The molecule has 1 aromatic rings. The Morgan fingerprint density at radius 2 is 1.71 bits per heavy atom. The molecule has 0 bridgehead atoms. The van der Waals surface area contributed by atoms with Crippen molar-refractivity contribution in [3.63, 3.8) is 0 Å². The Kier molecular flexibility index (Phi) is 6.47. The molecular formula is C18H20N2O7S. The van der Waals surface area contributed by atoms with Gasteiger partial charge in [-0.1, -0.05) is 6.08 Å². The number of hydrogen-bond acceptors (Lipinski definition) is 8. The summed E-state index contributed by atoms with van der Waals surface area (Å²) in [5.41, 5.74) is 0.438. The standard InChI is InChI=1S/C18H20N2O7S/c1-25-15-9-8-12(11-14(15)19-28(4,23)24)20-10-6-5-7-13(17(21)26-2)16(20)18(22)27-3/h5-11,19H,1-4H3. The second-order valence-electron chi connectivity index (χ2n) is 5.57. The van der Waals surface area contributed by atoms with Crippen molar-refractivity contribution in [3.8, 4) is 5.75 Å². The van der Waals surface area contributed by atoms with Crippen molar-refractivity contribution in [3.05, 3.63) is 53.9 Å². The molecule has 1 aromatic carbocycles. The number of ether oxygens (including phenoxy) is 3. The highest BCUT2D eigenvalue weighted by Gasteiger charge is 2.28. The normalized spacial score (nSPS) is 13.8. The minimum absolute atomic E-state index is 0.0206. The molecule has 0 aliphatic carbocycles. The predicted octanol–water partition coefficient (Wildman–Crippen LogP) is 1.56. The summed E-state index contributed by atoms with van der Waals surface area (Å²) in [4.78, 5) is 26.0. The summed E-state index contributed by atoms with van der Waals surface area (Å²) in [5.74, 6) is -1.22. The maximum atomic E-state index is 12.4. The largest absolute Gasteiger partial charge is 0.495 e. The highest BCUT2D eigenvalue weighted by molar-refractivity contribution is 7.92. The molecule has 0 spiro atoms. The van der Waals surface area contributed by atoms with E-state index in [2.05, 4.69) is 4.72 Å². The van der Waals surface area contributed by atoms with Crippen LogP contribution in [0.5, 0.6) is 5.75 Å². The third-order valence-electron chi connectivity index (χ3n) is 3.65. The fraction of sp³-hybridized carbons (Fsp3) is 0.222. The van der Waals surface area contributed by atoms with E-state index in [1.54, 1.807) is 18.2 Å². The maximum Gasteiger partial charge on any atom is 0.355 e. The Hall–Kier alpha value is -3.27. The van der Waals surface area contributed by atoms with Crippen molar-refractivity contribution in [2.45, 2.75) is 0 Å². The number of hydrogen-bond donors (Lipinski definition) is 1. The van der Waals surface area contributed by atoms with Crippen LogP contribution in [0, 0.1) is 0 Å². The third kappa shape index (κ3) is 4.71. The zero-order chi connectivity index (χ0) is 20.9. The van der Waals surface area contributed by atoms with Crippen LogP contribution in [0.1, 0.15) is 0 Å². The van der Waals surface area contributed by atoms with Gasteiger partial charge in [0, 0.05) is 11.9 Å². The quantitative estimate of drug-likeness (QED) is 0.706. The van der Waals surface area contributed by atoms with Crippen LogP contribution in [0.15, 0.2) is 53.9 Å². The second kappa shape index (κ2) is 8.61. The van der Waals surface area contributed by atoms with Crippen LogP contribution in [-0.2, 0) is 29.1 Å². The van der Waals surface area contributed by atoms with Crippen LogP contribution in [0.2, 0.25) is 0 Å². The van der Waals surface area contributed by atoms with Gasteiger partial charge in [-0.25, -0.2) is 18.0 Å². The average Bonchev–Trinajstić information content (AvgIpc) is 2.88. The fourth-order valence-corrected chi connectivity index (χ4v) is 3.05. The SMILES string of the molecule is COC(=O)C1=C(C(=O)OC)N(c2ccc(OC)c(NS(C)(=O)=O)c2)C=CC=C1. The third-order valence-corrected chi connectivity index (χ3v) is 4.24. The fourth-order valence-electron chi connectivity index (χ4n) is 2.49. The van der Waals surface area contributed by atoms with E-state index < -0.39 is 22.0 Å². The smallest absolute Gasteiger partial charge is 0.355 e. The molecule has 10 heteroatoms. The number of allylic oxidation sites excluding steroid dienone is 2. The Morgan fingerprint density at radius 1 is 1.04 bits per heavy atom. The topological polar surface area (TPSA) is 111 Å². The summed E-state index contributed by atoms with van der Waals surface area (Å²) in [6, 6.07) is 4.59. The molecule has 0 atom stereocenters. The van der Waals surface area contributed by atoms with Gasteiger partial charge in [0.2, 0.25) is 10.0 Å². The van der Waals surface area contributed by atoms with Gasteiger partial charge in [-0.3, -0.25) is 4.72 Å². The van der Waals surface area contributed by atoms with Crippen LogP contribution in [0.3, 0.4) is 0 Å². The van der Waals surface area contributed by atoms with Crippen molar-refractivity contribution in [1.82, 2.24) is 0 Å². The van der Waals surface area contributed by atoms with Crippen molar-refractivity contribution in [2.75, 3.05) is 37.2 Å². The minimum Gasteiger partial charge on any atom is -0.495 e. The number of rotatable bonds is 6. The first-order valence-corrected chi connectivity index (χ1v) is 9.81. The highest BCUT2D eigenvalue weighted by Crippen LogP contribution is 2.33. The maximum absolute atomic E-state index is 12.4. The zero-order valence-electron chi connectivity index (χ0n) is 15.8. The van der Waals surface area contributed by atoms with Gasteiger partial charge in [0.1, 0.15) is 11.4 Å². The first-order valence-electron chi connectivity index (χ1n) is 7.92. The molecule has 150 valence electrons. The molecule has 1 aliphatic rings. The molecule has 0 saturated heterocycles. The number of anilines is 2. The number of methoxy groups -OCH3 is 3. The van der Waals surface area contributed by atoms with Gasteiger partial charge in [0.25, 0.3) is 0 Å². The van der Waals surface area contributed by atoms with Crippen molar-refractivity contribution < 1.29 is 32.2 Å². The second-order valence-corrected chi connectivity index (χ2v) is 7.32. The Bertz CT molecular complexity index is 978. The van der Waals surface area contributed by atoms with Crippen molar-refractivity contribution >= 4 is 33.3 Å². The number of carbonyl (C=O) groups is 2. The molecule has 1 N–H and O–H groups in total. The lowest BCUT2D eigenvalue weighted by molar-refractivity contribution is -0.139. The summed E-state index contributed by atoms with van der Waals surface area (Å²) in [5, 5.41) is 0. The molecule has 0 amide bonds. The molecule has 28 heavy (non-hydrogen) atoms. The van der Waals surface area contributed by atoms with Crippen molar-refractivity contribution in [2.24, 2.45) is 0 Å². The first kappa shape index (κ1) is 21.0. The van der Waals surface area contributed by atoms with Gasteiger partial charge in [0.15, 0.2) is 0 Å². The van der Waals surface area contributed by atoms with Gasteiger partial charge in [0.05, 0.1) is 38.8 Å². The van der Waals surface area contributed by atoms with E-state index in [1.165, 1.54) is 50.6 Å². The summed E-state index contributed by atoms with van der Waals surface area (Å²) in [6.07, 6.45) is 7.13. The van der Waals surface area contributed by atoms with Crippen LogP contribution in [-0.4, -0.2) is 47.9 Å². The molecular weight excluding hydrogens is 388 g/mol. The number of esters is 2. The van der Waals surface area contributed by atoms with E-state index in [0.29, 0.717) is 5.69 Å². The lowest BCUT2D eigenvalue weighted by Crippen LogP contribution is -2.27. The van der Waals surface area contributed by atoms with Gasteiger partial charge < -0.3 is 19.1 Å². The number of nitrogens with zero attached hydrogens (tertiary/aromatic N) is 1. The van der Waals surface area contributed by atoms with Crippen molar-refractivity contribution in [1.29, 1.82) is 0 Å². The number of benzene rings is 1. The lowest BCUT2D eigenvalue weighted by Gasteiger charge is -2.24. The highest BCUT2D eigenvalue weighted by atomic mass is 32.2. The van der Waals surface area contributed by atoms with E-state index >= 15 is 0 Å². The summed E-state index contributed by atoms with van der Waals surface area (Å²) in [7, 11) is 0.195. The summed E-state index contributed by atoms with van der Waals surface area (Å²) < 4.78 is 40.4. The van der Waals surface area contributed by atoms with Crippen LogP contribution < -0.4 is 14.4 Å². The molecule has 0 unspecified atom stereocenters. The first-order chi connectivity index (χ1) is 13.2. The molecule has 9 nitrogen and oxygen atoms in total. The number of nitrogens with one attached hydrogen (secondary N) is 1. The zero-order valence-corrected chi connectivity index (χ0v) is 16.6. The lowest BCUT2D eigenvalue weighted by atomic mass is 10.1. The molecule has 0 aromatic heterocycles. The van der Waals surface area contributed by atoms with Crippen LogP contribution >= 0.6 is 0 Å². The molecule has 0 saturated carbocycles. The minimum atomic E-state index is -3.58. The molecule has 0 radical (unpaired) electrons. The van der Waals surface area contributed by atoms with E-state index in [0.717, 1.165) is 6.26 Å². The van der Waals surface area contributed by atoms with E-state index in [9.17, 15) is 18.0 Å². The molecule has 1 heterocycles. The van der Waals surface area contributed by atoms with E-state index in [4.69, 9.17) is 14.2 Å². The Balaban J connectivity index is 2.68. The summed E-state index contributed by atoms with van der Waals surface area (Å²) >= 11 is 0. The van der Waals surface area contributed by atoms with Gasteiger partial charge in [-0.15, -0.1) is 0 Å². The molecule has 2 rings (SSSR count). The number of sulfonamides is 1. The molecule has 0 fully saturated rings. The Labute approximate surface area is 162 Å². The monoisotopic (exact) mass is 408 g/mol. The van der Waals surface area contributed by atoms with Gasteiger partial charge in [-0.2, -0.15) is 0 Å². The number of carbonyl (C=O) groups excluding carboxylic acids is 2. The van der Waals surface area contributed by atoms with Crippen LogP contribution in [0.4, 0.5) is 11.4 Å². The predicted molar refractivity (Wildman–Crippen MR) is 103 cm³/mol. The summed E-state index contributed by atoms with van der Waals surface area (Å²) in [6.45, 7) is 0. The average molecular weight is 408 g/mol. The Morgan fingerprint density at radius 3 is 2.29 bits per heavy atom. The van der Waals surface area contributed by atoms with E-state index in [1.807, 2.05) is 0 Å². The van der Waals surface area contributed by atoms with Gasteiger partial charge in [-0.05, 0) is 30.4 Å². The molecule has 1 aliphatic heterocycles. The van der Waals surface area contributed by atoms with E-state index in [-0.39, 0.29) is 22.7 Å².